The third kappa shape index (κ3) is 3.51. The van der Waals surface area contributed by atoms with Gasteiger partial charge in [0.1, 0.15) is 0 Å². The number of ether oxygens (including phenoxy) is 3. The molecule has 0 atom stereocenters. The van der Waals surface area contributed by atoms with Gasteiger partial charge in [0.2, 0.25) is 11.5 Å². The zero-order valence-electron chi connectivity index (χ0n) is 12.9. The van der Waals surface area contributed by atoms with E-state index in [0.717, 1.165) is 5.56 Å². The number of benzene rings is 1. The number of phenolic OH excluding ortho intramolecular Hbond substituents is 1. The second-order valence-corrected chi connectivity index (χ2v) is 4.23. The molecule has 0 aromatic heterocycles. The molecule has 0 fully saturated rings. The maximum atomic E-state index is 10.9. The van der Waals surface area contributed by atoms with Gasteiger partial charge in [-0.1, -0.05) is 13.8 Å². The Labute approximate surface area is 124 Å². The van der Waals surface area contributed by atoms with E-state index in [2.05, 4.69) is 0 Å². The van der Waals surface area contributed by atoms with Gasteiger partial charge >= 0.3 is 6.16 Å². The van der Waals surface area contributed by atoms with Gasteiger partial charge in [0, 0.05) is 11.1 Å². The van der Waals surface area contributed by atoms with Gasteiger partial charge in [-0.2, -0.15) is 0 Å². The van der Waals surface area contributed by atoms with E-state index in [0.29, 0.717) is 37.4 Å². The molecule has 0 aliphatic carbocycles. The molecule has 2 N–H and O–H groups in total. The summed E-state index contributed by atoms with van der Waals surface area (Å²) >= 11 is 0. The zero-order valence-corrected chi connectivity index (χ0v) is 12.9. The standard InChI is InChI=1S/C15H22O6/c1-5-9-10(6-2)12(19-7-3)14(20-8-4)13(11(9)16)21-15(17)18/h16H,5-8H2,1-4H3,(H,17,18). The van der Waals surface area contributed by atoms with Crippen molar-refractivity contribution in [2.75, 3.05) is 13.2 Å². The third-order valence-electron chi connectivity index (χ3n) is 3.03. The second-order valence-electron chi connectivity index (χ2n) is 4.23. The molecule has 0 aliphatic rings. The minimum absolute atomic E-state index is 0.133. The van der Waals surface area contributed by atoms with Gasteiger partial charge < -0.3 is 24.4 Å². The van der Waals surface area contributed by atoms with Crippen molar-refractivity contribution in [1.29, 1.82) is 0 Å². The van der Waals surface area contributed by atoms with Crippen LogP contribution in [0.3, 0.4) is 0 Å². The summed E-state index contributed by atoms with van der Waals surface area (Å²) in [5, 5.41) is 19.2. The van der Waals surface area contributed by atoms with E-state index < -0.39 is 6.16 Å². The molecule has 21 heavy (non-hydrogen) atoms. The first-order valence-corrected chi connectivity index (χ1v) is 7.08. The predicted molar refractivity (Wildman–Crippen MR) is 77.9 cm³/mol. The molecule has 0 spiro atoms. The fourth-order valence-electron chi connectivity index (χ4n) is 2.27. The quantitative estimate of drug-likeness (QED) is 0.593. The minimum Gasteiger partial charge on any atom is -0.504 e. The van der Waals surface area contributed by atoms with Crippen molar-refractivity contribution in [3.8, 4) is 23.0 Å². The Hall–Kier alpha value is -2.11. The molecule has 0 unspecified atom stereocenters. The van der Waals surface area contributed by atoms with Gasteiger partial charge in [0.05, 0.1) is 13.2 Å². The van der Waals surface area contributed by atoms with Gasteiger partial charge in [0.25, 0.3) is 0 Å². The van der Waals surface area contributed by atoms with Crippen LogP contribution in [-0.2, 0) is 12.8 Å². The molecule has 6 heteroatoms. The van der Waals surface area contributed by atoms with E-state index in [-0.39, 0.29) is 17.2 Å². The topological polar surface area (TPSA) is 85.2 Å². The zero-order chi connectivity index (χ0) is 16.0. The molecule has 0 radical (unpaired) electrons. The van der Waals surface area contributed by atoms with Crippen LogP contribution in [0.5, 0.6) is 23.0 Å². The van der Waals surface area contributed by atoms with Crippen molar-refractivity contribution in [1.82, 2.24) is 0 Å². The lowest BCUT2D eigenvalue weighted by atomic mass is 9.99. The normalized spacial score (nSPS) is 10.3. The molecule has 6 nitrogen and oxygen atoms in total. The third-order valence-corrected chi connectivity index (χ3v) is 3.03. The lowest BCUT2D eigenvalue weighted by Gasteiger charge is -2.21. The smallest absolute Gasteiger partial charge is 0.504 e. The lowest BCUT2D eigenvalue weighted by molar-refractivity contribution is 0.139. The highest BCUT2D eigenvalue weighted by molar-refractivity contribution is 5.72. The van der Waals surface area contributed by atoms with E-state index in [9.17, 15) is 9.90 Å². The average Bonchev–Trinajstić information content (AvgIpc) is 2.44. The van der Waals surface area contributed by atoms with E-state index in [1.807, 2.05) is 20.8 Å². The molecular formula is C15H22O6. The van der Waals surface area contributed by atoms with E-state index in [4.69, 9.17) is 19.3 Å². The minimum atomic E-state index is -1.51. The van der Waals surface area contributed by atoms with Crippen LogP contribution in [0, 0.1) is 0 Å². The van der Waals surface area contributed by atoms with Crippen LogP contribution >= 0.6 is 0 Å². The highest BCUT2D eigenvalue weighted by atomic mass is 16.7. The summed E-state index contributed by atoms with van der Waals surface area (Å²) in [6.07, 6.45) is -0.364. The second kappa shape index (κ2) is 7.61. The van der Waals surface area contributed by atoms with Gasteiger partial charge in [0.15, 0.2) is 11.5 Å². The number of carbonyl (C=O) groups is 1. The average molecular weight is 298 g/mol. The Morgan fingerprint density at radius 2 is 1.43 bits per heavy atom. The van der Waals surface area contributed by atoms with Crippen molar-refractivity contribution < 1.29 is 29.2 Å². The number of phenols is 1. The highest BCUT2D eigenvalue weighted by Gasteiger charge is 2.27. The maximum absolute atomic E-state index is 10.9. The number of hydrogen-bond donors (Lipinski definition) is 2. The molecule has 1 rings (SSSR count). The molecule has 0 heterocycles. The largest absolute Gasteiger partial charge is 0.511 e. The maximum Gasteiger partial charge on any atom is 0.511 e. The van der Waals surface area contributed by atoms with Crippen LogP contribution in [0.15, 0.2) is 0 Å². The molecular weight excluding hydrogens is 276 g/mol. The molecule has 0 saturated heterocycles. The van der Waals surface area contributed by atoms with Crippen molar-refractivity contribution in [3.05, 3.63) is 11.1 Å². The summed E-state index contributed by atoms with van der Waals surface area (Å²) < 4.78 is 15.8. The van der Waals surface area contributed by atoms with E-state index in [1.165, 1.54) is 0 Å². The first-order chi connectivity index (χ1) is 10.0. The van der Waals surface area contributed by atoms with Crippen LogP contribution in [0.2, 0.25) is 0 Å². The number of carboxylic acid groups (broad SMARTS) is 1. The Kier molecular flexibility index (Phi) is 6.14. The summed E-state index contributed by atoms with van der Waals surface area (Å²) in [5.41, 5.74) is 1.42. The van der Waals surface area contributed by atoms with E-state index in [1.54, 1.807) is 6.92 Å². The number of aromatic hydroxyl groups is 1. The summed E-state index contributed by atoms with van der Waals surface area (Å²) in [4.78, 5) is 10.9. The first-order valence-electron chi connectivity index (χ1n) is 7.08. The number of rotatable bonds is 7. The molecule has 118 valence electrons. The molecule has 1 aromatic rings. The SMILES string of the molecule is CCOc1c(CC)c(CC)c(O)c(OC(=O)O)c1OCC. The molecule has 0 saturated carbocycles. The van der Waals surface area contributed by atoms with Gasteiger partial charge in [-0.3, -0.25) is 0 Å². The van der Waals surface area contributed by atoms with Crippen molar-refractivity contribution in [3.63, 3.8) is 0 Å². The lowest BCUT2D eigenvalue weighted by Crippen LogP contribution is -2.10. The van der Waals surface area contributed by atoms with Crippen molar-refractivity contribution in [2.45, 2.75) is 40.5 Å². The van der Waals surface area contributed by atoms with Gasteiger partial charge in [-0.15, -0.1) is 0 Å². The summed E-state index contributed by atoms with van der Waals surface area (Å²) in [7, 11) is 0. The fourth-order valence-corrected chi connectivity index (χ4v) is 2.27. The molecule has 0 bridgehead atoms. The molecule has 0 amide bonds. The van der Waals surface area contributed by atoms with Gasteiger partial charge in [-0.25, -0.2) is 4.79 Å². The Balaban J connectivity index is 3.66. The first kappa shape index (κ1) is 16.9. The fraction of sp³-hybridized carbons (Fsp3) is 0.533. The van der Waals surface area contributed by atoms with Crippen LogP contribution in [0.1, 0.15) is 38.8 Å². The monoisotopic (exact) mass is 298 g/mol. The predicted octanol–water partition coefficient (Wildman–Crippen LogP) is 3.37. The Morgan fingerprint density at radius 3 is 1.86 bits per heavy atom. The summed E-state index contributed by atoms with van der Waals surface area (Å²) in [5.74, 6) is 0.159. The van der Waals surface area contributed by atoms with Crippen molar-refractivity contribution in [2.24, 2.45) is 0 Å². The van der Waals surface area contributed by atoms with Gasteiger partial charge in [-0.05, 0) is 26.7 Å². The Morgan fingerprint density at radius 1 is 0.905 bits per heavy atom. The van der Waals surface area contributed by atoms with Crippen molar-refractivity contribution >= 4 is 6.16 Å². The summed E-state index contributed by atoms with van der Waals surface area (Å²) in [6.45, 7) is 8.08. The molecule has 0 aliphatic heterocycles. The number of hydrogen-bond acceptors (Lipinski definition) is 5. The van der Waals surface area contributed by atoms with Crippen LogP contribution in [0.4, 0.5) is 4.79 Å². The van der Waals surface area contributed by atoms with E-state index >= 15 is 0 Å². The van der Waals surface area contributed by atoms with Crippen LogP contribution < -0.4 is 14.2 Å². The summed E-state index contributed by atoms with van der Waals surface area (Å²) in [6, 6.07) is 0. The Bertz CT molecular complexity index is 510. The molecule has 1 aromatic carbocycles. The van der Waals surface area contributed by atoms with Crippen LogP contribution in [-0.4, -0.2) is 29.6 Å². The highest BCUT2D eigenvalue weighted by Crippen LogP contribution is 2.50. The van der Waals surface area contributed by atoms with Crippen LogP contribution in [0.25, 0.3) is 0 Å².